The first-order valence-corrected chi connectivity index (χ1v) is 9.97. The van der Waals surface area contributed by atoms with E-state index in [4.69, 9.17) is 0 Å². The molecule has 0 aliphatic heterocycles. The van der Waals surface area contributed by atoms with E-state index >= 15 is 0 Å². The van der Waals surface area contributed by atoms with Crippen LogP contribution in [-0.4, -0.2) is 54.5 Å². The molecule has 0 radical (unpaired) electrons. The first kappa shape index (κ1) is 25.0. The molecule has 2 N–H and O–H groups in total. The summed E-state index contributed by atoms with van der Waals surface area (Å²) < 4.78 is 0.157. The molecule has 1 amide bonds. The van der Waals surface area contributed by atoms with Gasteiger partial charge in [-0.2, -0.15) is 11.8 Å². The van der Waals surface area contributed by atoms with Crippen LogP contribution in [0, 0.1) is 0 Å². The summed E-state index contributed by atoms with van der Waals surface area (Å²) >= 11 is 1.82. The van der Waals surface area contributed by atoms with E-state index in [1.54, 1.807) is 7.05 Å². The van der Waals surface area contributed by atoms with E-state index in [-0.39, 0.29) is 34.6 Å². The van der Waals surface area contributed by atoms with Gasteiger partial charge in [0, 0.05) is 43.5 Å². The molecule has 0 unspecified atom stereocenters. The summed E-state index contributed by atoms with van der Waals surface area (Å²) in [6, 6.07) is 7.76. The van der Waals surface area contributed by atoms with Gasteiger partial charge in [0.1, 0.15) is 0 Å². The van der Waals surface area contributed by atoms with Crippen molar-refractivity contribution in [3.05, 3.63) is 35.4 Å². The second-order valence-corrected chi connectivity index (χ2v) is 7.93. The lowest BCUT2D eigenvalue weighted by Crippen LogP contribution is -2.43. The van der Waals surface area contributed by atoms with Crippen LogP contribution >= 0.6 is 35.7 Å². The van der Waals surface area contributed by atoms with Crippen LogP contribution in [0.1, 0.15) is 43.6 Å². The van der Waals surface area contributed by atoms with Gasteiger partial charge in [-0.1, -0.05) is 12.1 Å². The van der Waals surface area contributed by atoms with Gasteiger partial charge in [0.15, 0.2) is 5.96 Å². The third-order valence-corrected chi connectivity index (χ3v) is 5.42. The number of benzene rings is 1. The molecule has 1 rings (SSSR count). The molecule has 0 saturated heterocycles. The molecule has 1 aromatic carbocycles. The standard InChI is InChI=1S/C19H32N4OS.HI/c1-7-23(8-2)17(24)16-11-9-15(10-12-16)13-21-18(20-5)22-14-19(3,4)25-6;/h9-12H,7-8,13-14H2,1-6H3,(H2,20,21,22);1H. The number of carbonyl (C=O) groups excluding carboxylic acids is 1. The van der Waals surface area contributed by atoms with E-state index < -0.39 is 0 Å². The van der Waals surface area contributed by atoms with Gasteiger partial charge in [-0.15, -0.1) is 24.0 Å². The van der Waals surface area contributed by atoms with E-state index in [9.17, 15) is 4.79 Å². The Morgan fingerprint density at radius 1 is 1.15 bits per heavy atom. The third kappa shape index (κ3) is 8.16. The second-order valence-electron chi connectivity index (χ2n) is 6.42. The maximum Gasteiger partial charge on any atom is 0.253 e. The number of guanidine groups is 1. The van der Waals surface area contributed by atoms with Crippen LogP contribution in [0.2, 0.25) is 0 Å². The first-order chi connectivity index (χ1) is 11.9. The zero-order valence-electron chi connectivity index (χ0n) is 16.8. The van der Waals surface area contributed by atoms with Crippen LogP contribution in [0.3, 0.4) is 0 Å². The Morgan fingerprint density at radius 2 is 1.73 bits per heavy atom. The Balaban J connectivity index is 0.00000625. The van der Waals surface area contributed by atoms with Crippen LogP contribution in [-0.2, 0) is 6.54 Å². The average Bonchev–Trinajstić information content (AvgIpc) is 2.63. The van der Waals surface area contributed by atoms with E-state index in [2.05, 4.69) is 35.7 Å². The smallest absolute Gasteiger partial charge is 0.253 e. The third-order valence-electron chi connectivity index (χ3n) is 4.17. The van der Waals surface area contributed by atoms with Crippen LogP contribution < -0.4 is 10.6 Å². The largest absolute Gasteiger partial charge is 0.355 e. The molecule has 0 fully saturated rings. The molecule has 0 saturated carbocycles. The summed E-state index contributed by atoms with van der Waals surface area (Å²) in [5.41, 5.74) is 1.85. The fraction of sp³-hybridized carbons (Fsp3) is 0.579. The number of nitrogens with one attached hydrogen (secondary N) is 2. The lowest BCUT2D eigenvalue weighted by atomic mass is 10.1. The first-order valence-electron chi connectivity index (χ1n) is 8.74. The van der Waals surface area contributed by atoms with Crippen molar-refractivity contribution in [3.63, 3.8) is 0 Å². The van der Waals surface area contributed by atoms with Crippen molar-refractivity contribution in [2.75, 3.05) is 32.9 Å². The number of aliphatic imine (C=N–C) groups is 1. The summed E-state index contributed by atoms with van der Waals surface area (Å²) in [4.78, 5) is 18.4. The SMILES string of the molecule is CCN(CC)C(=O)c1ccc(CNC(=NC)NCC(C)(C)SC)cc1.I. The average molecular weight is 492 g/mol. The fourth-order valence-electron chi connectivity index (χ4n) is 2.23. The quantitative estimate of drug-likeness (QED) is 0.331. The molecule has 0 bridgehead atoms. The van der Waals surface area contributed by atoms with Crippen molar-refractivity contribution in [2.45, 2.75) is 39.0 Å². The number of hydrogen-bond acceptors (Lipinski definition) is 3. The Morgan fingerprint density at radius 3 is 2.19 bits per heavy atom. The van der Waals surface area contributed by atoms with Crippen molar-refractivity contribution < 1.29 is 4.79 Å². The Hall–Kier alpha value is -0.960. The highest BCUT2D eigenvalue weighted by Gasteiger charge is 2.16. The minimum Gasteiger partial charge on any atom is -0.355 e. The molecule has 148 valence electrons. The van der Waals surface area contributed by atoms with E-state index in [1.807, 2.05) is 54.8 Å². The monoisotopic (exact) mass is 492 g/mol. The van der Waals surface area contributed by atoms with Gasteiger partial charge in [0.2, 0.25) is 0 Å². The lowest BCUT2D eigenvalue weighted by molar-refractivity contribution is 0.0773. The molecule has 0 aliphatic rings. The van der Waals surface area contributed by atoms with Crippen molar-refractivity contribution in [3.8, 4) is 0 Å². The van der Waals surface area contributed by atoms with Gasteiger partial charge in [-0.25, -0.2) is 0 Å². The number of hydrogen-bond donors (Lipinski definition) is 2. The summed E-state index contributed by atoms with van der Waals surface area (Å²) in [7, 11) is 1.77. The molecular weight excluding hydrogens is 459 g/mol. The van der Waals surface area contributed by atoms with E-state index in [0.717, 1.165) is 36.7 Å². The van der Waals surface area contributed by atoms with Gasteiger partial charge in [-0.3, -0.25) is 9.79 Å². The van der Waals surface area contributed by atoms with Crippen LogP contribution in [0.25, 0.3) is 0 Å². The molecule has 0 heterocycles. The normalized spacial score (nSPS) is 11.5. The molecule has 1 aromatic rings. The molecule has 0 spiro atoms. The van der Waals surface area contributed by atoms with Gasteiger partial charge in [0.25, 0.3) is 5.91 Å². The Kier molecular flexibility index (Phi) is 12.0. The molecule has 0 aromatic heterocycles. The molecule has 0 atom stereocenters. The number of nitrogens with zero attached hydrogens (tertiary/aromatic N) is 2. The lowest BCUT2D eigenvalue weighted by Gasteiger charge is -2.23. The minimum absolute atomic E-state index is 0. The van der Waals surface area contributed by atoms with Crippen molar-refractivity contribution in [2.24, 2.45) is 4.99 Å². The zero-order valence-corrected chi connectivity index (χ0v) is 19.9. The van der Waals surface area contributed by atoms with Gasteiger partial charge >= 0.3 is 0 Å². The topological polar surface area (TPSA) is 56.7 Å². The van der Waals surface area contributed by atoms with E-state index in [1.165, 1.54) is 0 Å². The highest BCUT2D eigenvalue weighted by Crippen LogP contribution is 2.19. The molecule has 26 heavy (non-hydrogen) atoms. The number of halogens is 1. The molecule has 5 nitrogen and oxygen atoms in total. The number of rotatable bonds is 8. The summed E-state index contributed by atoms with van der Waals surface area (Å²) in [5, 5.41) is 6.66. The van der Waals surface area contributed by atoms with Gasteiger partial charge < -0.3 is 15.5 Å². The number of amides is 1. The predicted octanol–water partition coefficient (Wildman–Crippen LogP) is 3.59. The summed E-state index contributed by atoms with van der Waals surface area (Å²) in [5.74, 6) is 0.867. The maximum absolute atomic E-state index is 12.3. The summed E-state index contributed by atoms with van der Waals surface area (Å²) in [6.07, 6.45) is 2.11. The van der Waals surface area contributed by atoms with E-state index in [0.29, 0.717) is 6.54 Å². The molecule has 7 heteroatoms. The van der Waals surface area contributed by atoms with Crippen LogP contribution in [0.4, 0.5) is 0 Å². The summed E-state index contributed by atoms with van der Waals surface area (Å²) in [6.45, 7) is 11.4. The molecular formula is C19H33IN4OS. The molecule has 0 aliphatic carbocycles. The number of carbonyl (C=O) groups is 1. The van der Waals surface area contributed by atoms with Crippen LogP contribution in [0.15, 0.2) is 29.3 Å². The Bertz CT molecular complexity index is 571. The zero-order chi connectivity index (χ0) is 18.9. The second kappa shape index (κ2) is 12.4. The maximum atomic E-state index is 12.3. The Labute approximate surface area is 179 Å². The van der Waals surface area contributed by atoms with Crippen LogP contribution in [0.5, 0.6) is 0 Å². The van der Waals surface area contributed by atoms with Gasteiger partial charge in [0.05, 0.1) is 0 Å². The van der Waals surface area contributed by atoms with Crippen molar-refractivity contribution in [1.29, 1.82) is 0 Å². The fourth-order valence-corrected chi connectivity index (χ4v) is 2.45. The highest BCUT2D eigenvalue weighted by molar-refractivity contribution is 14.0. The highest BCUT2D eigenvalue weighted by atomic mass is 127. The minimum atomic E-state index is 0. The predicted molar refractivity (Wildman–Crippen MR) is 125 cm³/mol. The van der Waals surface area contributed by atoms with Gasteiger partial charge in [-0.05, 0) is 51.6 Å². The number of thioether (sulfide) groups is 1. The van der Waals surface area contributed by atoms with Crippen molar-refractivity contribution in [1.82, 2.24) is 15.5 Å². The van der Waals surface area contributed by atoms with Crippen molar-refractivity contribution >= 4 is 47.6 Å².